The van der Waals surface area contributed by atoms with E-state index in [1.165, 1.54) is 25.6 Å². The van der Waals surface area contributed by atoms with Crippen molar-refractivity contribution in [3.63, 3.8) is 0 Å². The molecule has 0 saturated heterocycles. The summed E-state index contributed by atoms with van der Waals surface area (Å²) in [6.45, 7) is 1.84. The minimum atomic E-state index is -0.465. The number of carbonyl (C=O) groups is 1. The highest BCUT2D eigenvalue weighted by Gasteiger charge is 2.25. The van der Waals surface area contributed by atoms with Crippen molar-refractivity contribution in [1.29, 1.82) is 0 Å². The van der Waals surface area contributed by atoms with Crippen LogP contribution in [0.5, 0.6) is 17.4 Å². The van der Waals surface area contributed by atoms with Gasteiger partial charge in [0, 0.05) is 42.1 Å². The first-order valence-electron chi connectivity index (χ1n) is 11.4. The van der Waals surface area contributed by atoms with Crippen LogP contribution in [0.2, 0.25) is 0 Å². The molecule has 11 nitrogen and oxygen atoms in total. The minimum absolute atomic E-state index is 0.0464. The van der Waals surface area contributed by atoms with Gasteiger partial charge in [-0.15, -0.1) is 0 Å². The van der Waals surface area contributed by atoms with Crippen LogP contribution in [0.4, 0.5) is 11.5 Å². The summed E-state index contributed by atoms with van der Waals surface area (Å²) in [7, 11) is 3.29. The average molecular weight is 511 g/mol. The van der Waals surface area contributed by atoms with Crippen LogP contribution < -0.4 is 15.2 Å². The molecule has 2 N–H and O–H groups in total. The third-order valence-electron chi connectivity index (χ3n) is 6.16. The second kappa shape index (κ2) is 9.62. The summed E-state index contributed by atoms with van der Waals surface area (Å²) in [6.07, 6.45) is 2.07. The molecule has 3 heterocycles. The molecule has 5 aromatic rings. The van der Waals surface area contributed by atoms with Crippen molar-refractivity contribution in [1.82, 2.24) is 19.5 Å². The number of anilines is 1. The number of aryl methyl sites for hydroxylation is 2. The van der Waals surface area contributed by atoms with Crippen LogP contribution in [0.15, 0.2) is 60.9 Å². The van der Waals surface area contributed by atoms with Crippen molar-refractivity contribution in [2.45, 2.75) is 6.92 Å². The molecule has 0 aliphatic heterocycles. The van der Waals surface area contributed by atoms with Gasteiger partial charge in [0.1, 0.15) is 17.8 Å². The highest BCUT2D eigenvalue weighted by molar-refractivity contribution is 6.10. The predicted octanol–water partition coefficient (Wildman–Crippen LogP) is 5.11. The number of carbonyl (C=O) groups excluding carboxylic acids is 1. The molecule has 0 fully saturated rings. The van der Waals surface area contributed by atoms with E-state index in [1.807, 2.05) is 23.6 Å². The zero-order valence-corrected chi connectivity index (χ0v) is 20.7. The summed E-state index contributed by atoms with van der Waals surface area (Å²) in [5.41, 5.74) is 10.3. The molecule has 0 atom stereocenters. The quantitative estimate of drug-likeness (QED) is 0.179. The molecule has 0 unspecified atom stereocenters. The highest BCUT2D eigenvalue weighted by Crippen LogP contribution is 2.46. The van der Waals surface area contributed by atoms with Gasteiger partial charge in [0.2, 0.25) is 5.88 Å². The van der Waals surface area contributed by atoms with Gasteiger partial charge < -0.3 is 19.8 Å². The Balaban J connectivity index is 1.78. The van der Waals surface area contributed by atoms with Crippen molar-refractivity contribution in [3.05, 3.63) is 82.3 Å². The lowest BCUT2D eigenvalue weighted by Gasteiger charge is -2.15. The fraction of sp³-hybridized carbons (Fsp3) is 0.111. The molecular formula is C27H22N6O5. The third kappa shape index (κ3) is 4.15. The smallest absolute Gasteiger partial charge is 0.269 e. The van der Waals surface area contributed by atoms with E-state index in [0.29, 0.717) is 62.6 Å². The number of nitrogens with zero attached hydrogens (tertiary/aromatic N) is 5. The summed E-state index contributed by atoms with van der Waals surface area (Å²) >= 11 is 0. The molecule has 0 spiro atoms. The number of nitro benzene ring substituents is 1. The van der Waals surface area contributed by atoms with E-state index in [2.05, 4.69) is 15.0 Å². The van der Waals surface area contributed by atoms with Gasteiger partial charge in [-0.1, -0.05) is 6.07 Å². The first-order valence-corrected chi connectivity index (χ1v) is 11.4. The monoisotopic (exact) mass is 510 g/mol. The maximum Gasteiger partial charge on any atom is 0.269 e. The summed E-state index contributed by atoms with van der Waals surface area (Å²) in [5, 5.41) is 11.8. The van der Waals surface area contributed by atoms with E-state index in [4.69, 9.17) is 15.2 Å². The van der Waals surface area contributed by atoms with E-state index >= 15 is 0 Å². The van der Waals surface area contributed by atoms with E-state index in [9.17, 15) is 14.9 Å². The van der Waals surface area contributed by atoms with Crippen LogP contribution >= 0.6 is 0 Å². The van der Waals surface area contributed by atoms with Crippen LogP contribution in [0.1, 0.15) is 16.1 Å². The predicted molar refractivity (Wildman–Crippen MR) is 141 cm³/mol. The minimum Gasteiger partial charge on any atom is -0.493 e. The lowest BCUT2D eigenvalue weighted by molar-refractivity contribution is -0.384. The Morgan fingerprint density at radius 3 is 2.50 bits per heavy atom. The zero-order valence-electron chi connectivity index (χ0n) is 20.7. The Morgan fingerprint density at radius 1 is 1.08 bits per heavy atom. The van der Waals surface area contributed by atoms with Gasteiger partial charge in [-0.25, -0.2) is 15.0 Å². The molecule has 2 aromatic carbocycles. The number of non-ortho nitro benzene ring substituents is 1. The summed E-state index contributed by atoms with van der Waals surface area (Å²) in [4.78, 5) is 36.1. The highest BCUT2D eigenvalue weighted by atomic mass is 16.6. The van der Waals surface area contributed by atoms with E-state index in [1.54, 1.807) is 37.4 Å². The number of nitrogens with two attached hydrogens (primary N) is 1. The second-order valence-corrected chi connectivity index (χ2v) is 8.47. The zero-order chi connectivity index (χ0) is 27.0. The van der Waals surface area contributed by atoms with E-state index in [0.717, 1.165) is 5.69 Å². The number of nitrogen functional groups attached to an aromatic ring is 1. The summed E-state index contributed by atoms with van der Waals surface area (Å²) in [5.74, 6) is 1.23. The Bertz CT molecular complexity index is 1710. The fourth-order valence-electron chi connectivity index (χ4n) is 4.43. The molecule has 38 heavy (non-hydrogen) atoms. The molecule has 0 aliphatic rings. The molecule has 5 rings (SSSR count). The van der Waals surface area contributed by atoms with Gasteiger partial charge in [0.15, 0.2) is 17.8 Å². The van der Waals surface area contributed by atoms with Crippen molar-refractivity contribution in [2.75, 3.05) is 12.8 Å². The average Bonchev–Trinajstić information content (AvgIpc) is 3.21. The Labute approximate surface area is 216 Å². The van der Waals surface area contributed by atoms with Gasteiger partial charge in [-0.2, -0.15) is 0 Å². The first kappa shape index (κ1) is 24.4. The molecule has 0 aliphatic carbocycles. The number of rotatable bonds is 7. The fourth-order valence-corrected chi connectivity index (χ4v) is 4.43. The topological polar surface area (TPSA) is 148 Å². The Hall–Kier alpha value is -5.32. The Morgan fingerprint density at radius 2 is 1.84 bits per heavy atom. The molecule has 190 valence electrons. The molecule has 0 bridgehead atoms. The van der Waals surface area contributed by atoms with Crippen LogP contribution in [0.25, 0.3) is 33.4 Å². The standard InChI is InChI=1S/C27H22N6O5/c1-15-5-4-6-22(31-15)38-21-11-17(13-34)19(12-20(21)37-3)23-24-26(28)29-14-30-27(24)32(2)25(23)16-7-9-18(10-8-16)33(35)36/h4-14H,1-3H3,(H2,28,29,30). The van der Waals surface area contributed by atoms with Gasteiger partial charge in [-0.05, 0) is 48.4 Å². The van der Waals surface area contributed by atoms with E-state index in [-0.39, 0.29) is 11.5 Å². The molecule has 0 amide bonds. The summed E-state index contributed by atoms with van der Waals surface area (Å²) in [6, 6.07) is 14.7. The van der Waals surface area contributed by atoms with Crippen LogP contribution in [-0.2, 0) is 7.05 Å². The number of hydrogen-bond acceptors (Lipinski definition) is 9. The number of benzene rings is 2. The van der Waals surface area contributed by atoms with Crippen molar-refractivity contribution in [3.8, 4) is 39.8 Å². The lowest BCUT2D eigenvalue weighted by atomic mass is 9.94. The van der Waals surface area contributed by atoms with Gasteiger partial charge in [0.25, 0.3) is 5.69 Å². The van der Waals surface area contributed by atoms with Gasteiger partial charge in [0.05, 0.1) is 23.1 Å². The number of hydrogen-bond donors (Lipinski definition) is 1. The van der Waals surface area contributed by atoms with Crippen molar-refractivity contribution in [2.24, 2.45) is 7.05 Å². The van der Waals surface area contributed by atoms with Crippen LogP contribution in [0, 0.1) is 17.0 Å². The molecular weight excluding hydrogens is 488 g/mol. The number of methoxy groups -OCH3 is 1. The van der Waals surface area contributed by atoms with Crippen LogP contribution in [0.3, 0.4) is 0 Å². The number of ether oxygens (including phenoxy) is 2. The second-order valence-electron chi connectivity index (χ2n) is 8.47. The number of pyridine rings is 1. The van der Waals surface area contributed by atoms with Crippen molar-refractivity contribution >= 4 is 28.8 Å². The molecule has 3 aromatic heterocycles. The lowest BCUT2D eigenvalue weighted by Crippen LogP contribution is -1.99. The van der Waals surface area contributed by atoms with Crippen molar-refractivity contribution < 1.29 is 19.2 Å². The van der Waals surface area contributed by atoms with E-state index < -0.39 is 4.92 Å². The third-order valence-corrected chi connectivity index (χ3v) is 6.16. The largest absolute Gasteiger partial charge is 0.493 e. The number of fused-ring (bicyclic) bond motifs is 1. The molecule has 11 heteroatoms. The summed E-state index contributed by atoms with van der Waals surface area (Å²) < 4.78 is 13.4. The molecule has 0 radical (unpaired) electrons. The first-order chi connectivity index (χ1) is 18.3. The maximum atomic E-state index is 12.4. The number of aldehydes is 1. The van der Waals surface area contributed by atoms with Crippen LogP contribution in [-0.4, -0.2) is 37.8 Å². The number of nitro groups is 1. The van der Waals surface area contributed by atoms with Gasteiger partial charge in [-0.3, -0.25) is 14.9 Å². The molecule has 0 saturated carbocycles. The number of aromatic nitrogens is 4. The van der Waals surface area contributed by atoms with Gasteiger partial charge >= 0.3 is 0 Å². The maximum absolute atomic E-state index is 12.4. The normalized spacial score (nSPS) is 10.9. The Kier molecular flexibility index (Phi) is 6.17. The SMILES string of the molecule is COc1cc(-c2c(-c3ccc([N+](=O)[O-])cc3)n(C)c3ncnc(N)c23)c(C=O)cc1Oc1cccc(C)n1.